The summed E-state index contributed by atoms with van der Waals surface area (Å²) in [5.74, 6) is -0.789. The molecule has 0 atom stereocenters. The van der Waals surface area contributed by atoms with Crippen LogP contribution >= 0.6 is 0 Å². The summed E-state index contributed by atoms with van der Waals surface area (Å²) in [6.45, 7) is -2.52. The quantitative estimate of drug-likeness (QED) is 0.697. The van der Waals surface area contributed by atoms with Gasteiger partial charge < -0.3 is 5.73 Å². The van der Waals surface area contributed by atoms with Crippen molar-refractivity contribution in [2.75, 3.05) is 0 Å². The maximum atomic E-state index is 12.0. The van der Waals surface area contributed by atoms with E-state index in [9.17, 15) is 9.59 Å². The minimum Gasteiger partial charge on any atom is -0.364 e. The van der Waals surface area contributed by atoms with E-state index in [2.05, 4.69) is 20.4 Å². The molecule has 0 radical (unpaired) electrons. The van der Waals surface area contributed by atoms with Crippen LogP contribution in [0, 0.1) is 0 Å². The van der Waals surface area contributed by atoms with E-state index < -0.39 is 18.4 Å². The number of carbonyl (C=O) groups is 1. The highest BCUT2D eigenvalue weighted by atomic mass is 16.1. The summed E-state index contributed by atoms with van der Waals surface area (Å²) in [5, 5.41) is 11.0. The van der Waals surface area contributed by atoms with Gasteiger partial charge >= 0.3 is 0 Å². The maximum absolute atomic E-state index is 12.0. The van der Waals surface area contributed by atoms with E-state index in [1.807, 2.05) is 0 Å². The molecule has 0 unspecified atom stereocenters. The van der Waals surface area contributed by atoms with Crippen molar-refractivity contribution in [2.24, 2.45) is 12.7 Å². The predicted molar refractivity (Wildman–Crippen MR) is 76.1 cm³/mol. The van der Waals surface area contributed by atoms with E-state index in [1.165, 1.54) is 30.7 Å². The zero-order chi connectivity index (χ0) is 18.2. The molecule has 0 saturated carbocycles. The van der Waals surface area contributed by atoms with Gasteiger partial charge in [-0.2, -0.15) is 9.78 Å². The third-order valence-electron chi connectivity index (χ3n) is 2.87. The second kappa shape index (κ2) is 5.20. The van der Waals surface area contributed by atoms with Crippen LogP contribution in [0.25, 0.3) is 16.9 Å². The van der Waals surface area contributed by atoms with Gasteiger partial charge in [-0.3, -0.25) is 14.6 Å². The van der Waals surface area contributed by atoms with Crippen LogP contribution in [0.2, 0.25) is 0 Å². The molecule has 0 aliphatic carbocycles. The molecule has 3 heterocycles. The Bertz CT molecular complexity index is 1010. The lowest BCUT2D eigenvalue weighted by atomic mass is 10.2. The van der Waals surface area contributed by atoms with E-state index in [0.29, 0.717) is 5.56 Å². The first-order chi connectivity index (χ1) is 11.8. The molecule has 0 aliphatic rings. The number of nitrogens with two attached hydrogens (primary N) is 1. The molecule has 9 nitrogen and oxygen atoms in total. The van der Waals surface area contributed by atoms with Gasteiger partial charge in [-0.05, 0) is 12.1 Å². The number of pyridine rings is 1. The van der Waals surface area contributed by atoms with E-state index in [0.717, 1.165) is 15.4 Å². The van der Waals surface area contributed by atoms with E-state index in [1.54, 1.807) is 0 Å². The average Bonchev–Trinajstić information content (AvgIpc) is 3.05. The summed E-state index contributed by atoms with van der Waals surface area (Å²) in [5.41, 5.74) is 5.34. The molecule has 2 N–H and O–H groups in total. The van der Waals surface area contributed by atoms with Gasteiger partial charge in [0.05, 0.1) is 23.8 Å². The fourth-order valence-electron chi connectivity index (χ4n) is 1.84. The van der Waals surface area contributed by atoms with Gasteiger partial charge in [-0.25, -0.2) is 4.68 Å². The number of aryl methyl sites for hydroxylation is 1. The zero-order valence-electron chi connectivity index (χ0n) is 14.0. The molecule has 0 saturated heterocycles. The van der Waals surface area contributed by atoms with Crippen molar-refractivity contribution < 1.29 is 8.91 Å². The lowest BCUT2D eigenvalue weighted by molar-refractivity contribution is 0.0994. The molecule has 0 aliphatic heterocycles. The molecule has 0 bridgehead atoms. The SMILES string of the molecule is [2H]C([2H])([2H])n1nncc1-c1cncc(-n2nc(C(N)=O)ccc2=O)c1. The lowest BCUT2D eigenvalue weighted by Gasteiger charge is -2.07. The molecule has 110 valence electrons. The number of aromatic nitrogens is 6. The minimum atomic E-state index is -2.52. The first-order valence-corrected chi connectivity index (χ1v) is 6.04. The molecular formula is C13H11N7O2. The Morgan fingerprint density at radius 3 is 2.95 bits per heavy atom. The monoisotopic (exact) mass is 300 g/mol. The maximum Gasteiger partial charge on any atom is 0.271 e. The number of hydrogen-bond donors (Lipinski definition) is 1. The molecule has 0 spiro atoms. The first kappa shape index (κ1) is 10.4. The predicted octanol–water partition coefficient (Wildman–Crippen LogP) is -0.478. The average molecular weight is 300 g/mol. The Kier molecular flexibility index (Phi) is 2.45. The van der Waals surface area contributed by atoms with Crippen LogP contribution in [0.5, 0.6) is 0 Å². The molecule has 3 rings (SSSR count). The van der Waals surface area contributed by atoms with Gasteiger partial charge in [0.25, 0.3) is 11.5 Å². The largest absolute Gasteiger partial charge is 0.364 e. The Labute approximate surface area is 128 Å². The molecule has 9 heteroatoms. The summed E-state index contributed by atoms with van der Waals surface area (Å²) in [6, 6.07) is 3.84. The number of hydrogen-bond acceptors (Lipinski definition) is 6. The van der Waals surface area contributed by atoms with Crippen LogP contribution < -0.4 is 11.3 Å². The van der Waals surface area contributed by atoms with Crippen LogP contribution in [-0.4, -0.2) is 35.7 Å². The zero-order valence-corrected chi connectivity index (χ0v) is 11.0. The fraction of sp³-hybridized carbons (Fsp3) is 0.0769. The van der Waals surface area contributed by atoms with Gasteiger partial charge in [0.1, 0.15) is 5.69 Å². The van der Waals surface area contributed by atoms with E-state index in [-0.39, 0.29) is 17.1 Å². The summed E-state index contributed by atoms with van der Waals surface area (Å²) in [7, 11) is 0. The van der Waals surface area contributed by atoms with Gasteiger partial charge in [0.15, 0.2) is 0 Å². The highest BCUT2D eigenvalue weighted by molar-refractivity contribution is 5.90. The van der Waals surface area contributed by atoms with Crippen molar-refractivity contribution in [2.45, 2.75) is 0 Å². The molecule has 3 aromatic rings. The standard InChI is InChI=1S/C13H11N7O2/c1-19-11(7-16-18-19)8-4-9(6-15-5-8)20-12(21)3-2-10(17-20)13(14)22/h2-7H,1H3,(H2,14,22)/i1D3. The van der Waals surface area contributed by atoms with Gasteiger partial charge in [-0.15, -0.1) is 5.10 Å². The Morgan fingerprint density at radius 2 is 2.18 bits per heavy atom. The van der Waals surface area contributed by atoms with E-state index >= 15 is 0 Å². The van der Waals surface area contributed by atoms with Crippen molar-refractivity contribution in [1.29, 1.82) is 0 Å². The summed E-state index contributed by atoms with van der Waals surface area (Å²) in [6.07, 6.45) is 4.00. The van der Waals surface area contributed by atoms with Gasteiger partial charge in [0.2, 0.25) is 0 Å². The number of carbonyl (C=O) groups excluding carboxylic acids is 1. The lowest BCUT2D eigenvalue weighted by Crippen LogP contribution is -2.25. The summed E-state index contributed by atoms with van der Waals surface area (Å²) < 4.78 is 24.1. The van der Waals surface area contributed by atoms with Gasteiger partial charge in [-0.1, -0.05) is 5.21 Å². The molecule has 0 fully saturated rings. The van der Waals surface area contributed by atoms with Crippen molar-refractivity contribution in [3.63, 3.8) is 0 Å². The van der Waals surface area contributed by atoms with Crippen molar-refractivity contribution >= 4 is 5.91 Å². The number of rotatable bonds is 3. The third-order valence-corrected chi connectivity index (χ3v) is 2.87. The summed E-state index contributed by atoms with van der Waals surface area (Å²) >= 11 is 0. The van der Waals surface area contributed by atoms with Crippen molar-refractivity contribution in [3.8, 4) is 16.9 Å². The van der Waals surface area contributed by atoms with Crippen LogP contribution in [0.3, 0.4) is 0 Å². The van der Waals surface area contributed by atoms with Gasteiger partial charge in [0, 0.05) is 28.9 Å². The van der Waals surface area contributed by atoms with E-state index in [4.69, 9.17) is 9.85 Å². The van der Waals surface area contributed by atoms with Crippen molar-refractivity contribution in [1.82, 2.24) is 29.8 Å². The minimum absolute atomic E-state index is 0.0980. The van der Waals surface area contributed by atoms with Crippen molar-refractivity contribution in [3.05, 3.63) is 52.8 Å². The highest BCUT2D eigenvalue weighted by Gasteiger charge is 2.10. The van der Waals surface area contributed by atoms with Crippen LogP contribution in [0.15, 0.2) is 41.6 Å². The first-order valence-electron chi connectivity index (χ1n) is 7.54. The topological polar surface area (TPSA) is 122 Å². The molecule has 0 aromatic carbocycles. The summed E-state index contributed by atoms with van der Waals surface area (Å²) in [4.78, 5) is 27.3. The normalized spacial score (nSPS) is 13.2. The van der Waals surface area contributed by atoms with Crippen LogP contribution in [0.4, 0.5) is 0 Å². The van der Waals surface area contributed by atoms with Crippen LogP contribution in [0.1, 0.15) is 14.6 Å². The molecule has 22 heavy (non-hydrogen) atoms. The second-order valence-corrected chi connectivity index (χ2v) is 4.30. The molecular weight excluding hydrogens is 286 g/mol. The number of amides is 1. The Balaban J connectivity index is 2.13. The Hall–Kier alpha value is -3.36. The smallest absolute Gasteiger partial charge is 0.271 e. The third kappa shape index (κ3) is 2.35. The molecule has 1 amide bonds. The number of primary amides is 1. The highest BCUT2D eigenvalue weighted by Crippen LogP contribution is 2.18. The molecule has 3 aromatic heterocycles. The fourth-order valence-corrected chi connectivity index (χ4v) is 1.84. The number of nitrogens with zero attached hydrogens (tertiary/aromatic N) is 6. The Morgan fingerprint density at radius 1 is 1.32 bits per heavy atom. The second-order valence-electron chi connectivity index (χ2n) is 4.30. The van der Waals surface area contributed by atoms with Crippen LogP contribution in [-0.2, 0) is 6.98 Å².